The van der Waals surface area contributed by atoms with Crippen LogP contribution in [0.25, 0.3) is 0 Å². The maximum Gasteiger partial charge on any atom is 0.120 e. The normalized spacial score (nSPS) is 15.7. The van der Waals surface area contributed by atoms with Gasteiger partial charge in [-0.3, -0.25) is 0 Å². The zero-order chi connectivity index (χ0) is 14.5. The fraction of sp³-hybridized carbons (Fsp3) is 0.368. The van der Waals surface area contributed by atoms with E-state index in [0.29, 0.717) is 6.10 Å². The molecule has 1 saturated carbocycles. The Morgan fingerprint density at radius 2 is 1.81 bits per heavy atom. The van der Waals surface area contributed by atoms with Crippen molar-refractivity contribution in [2.45, 2.75) is 38.3 Å². The van der Waals surface area contributed by atoms with Crippen LogP contribution in [-0.2, 0) is 0 Å². The number of hydrogen-bond acceptors (Lipinski definition) is 2. The molecule has 1 aliphatic carbocycles. The van der Waals surface area contributed by atoms with Crippen LogP contribution < -0.4 is 10.1 Å². The minimum Gasteiger partial charge on any atom is -0.490 e. The summed E-state index contributed by atoms with van der Waals surface area (Å²) in [6.07, 6.45) is 3.96. The molecule has 2 heteroatoms. The van der Waals surface area contributed by atoms with Gasteiger partial charge in [0, 0.05) is 0 Å². The average molecular weight is 281 g/mol. The molecule has 0 aromatic heterocycles. The molecule has 3 rings (SSSR count). The van der Waals surface area contributed by atoms with Gasteiger partial charge in [0.25, 0.3) is 0 Å². The van der Waals surface area contributed by atoms with Crippen molar-refractivity contribution in [2.75, 3.05) is 6.54 Å². The van der Waals surface area contributed by atoms with Gasteiger partial charge in [-0.1, -0.05) is 49.4 Å². The van der Waals surface area contributed by atoms with Gasteiger partial charge in [-0.2, -0.15) is 0 Å². The second kappa shape index (κ2) is 6.77. The lowest BCUT2D eigenvalue weighted by atomic mass is 9.98. The second-order valence-corrected chi connectivity index (χ2v) is 5.69. The number of rotatable bonds is 7. The standard InChI is InChI=1S/C19H23NO/c1-2-13-20-19(15-7-4-3-5-8-15)16-9-6-10-18(14-16)21-17-11-12-17/h3-10,14,17,19-20H,2,11-13H2,1H3. The SMILES string of the molecule is CCCNC(c1ccccc1)c1cccc(OC2CC2)c1. The Morgan fingerprint density at radius 3 is 2.52 bits per heavy atom. The van der Waals surface area contributed by atoms with Crippen molar-refractivity contribution in [2.24, 2.45) is 0 Å². The molecule has 2 nitrogen and oxygen atoms in total. The first-order chi connectivity index (χ1) is 10.4. The first-order valence-corrected chi connectivity index (χ1v) is 7.92. The third kappa shape index (κ3) is 3.85. The monoisotopic (exact) mass is 281 g/mol. The van der Waals surface area contributed by atoms with Gasteiger partial charge in [0.1, 0.15) is 5.75 Å². The molecule has 1 fully saturated rings. The molecular formula is C19H23NO. The van der Waals surface area contributed by atoms with Gasteiger partial charge in [-0.15, -0.1) is 0 Å². The van der Waals surface area contributed by atoms with E-state index < -0.39 is 0 Å². The Balaban J connectivity index is 1.84. The van der Waals surface area contributed by atoms with Crippen LogP contribution in [0.15, 0.2) is 54.6 Å². The van der Waals surface area contributed by atoms with E-state index >= 15 is 0 Å². The Bertz CT molecular complexity index is 563. The number of ether oxygens (including phenoxy) is 1. The highest BCUT2D eigenvalue weighted by Crippen LogP contribution is 2.30. The summed E-state index contributed by atoms with van der Waals surface area (Å²) in [4.78, 5) is 0. The molecule has 0 radical (unpaired) electrons. The summed E-state index contributed by atoms with van der Waals surface area (Å²) < 4.78 is 5.93. The summed E-state index contributed by atoms with van der Waals surface area (Å²) in [5.41, 5.74) is 2.57. The van der Waals surface area contributed by atoms with E-state index in [-0.39, 0.29) is 6.04 Å². The van der Waals surface area contributed by atoms with Crippen molar-refractivity contribution < 1.29 is 4.74 Å². The Morgan fingerprint density at radius 1 is 1.05 bits per heavy atom. The summed E-state index contributed by atoms with van der Waals surface area (Å²) in [7, 11) is 0. The fourth-order valence-electron chi connectivity index (χ4n) is 2.51. The molecule has 110 valence electrons. The highest BCUT2D eigenvalue weighted by atomic mass is 16.5. The Kier molecular flexibility index (Phi) is 4.56. The van der Waals surface area contributed by atoms with E-state index in [9.17, 15) is 0 Å². The highest BCUT2D eigenvalue weighted by Gasteiger charge is 2.23. The zero-order valence-electron chi connectivity index (χ0n) is 12.6. The van der Waals surface area contributed by atoms with E-state index in [1.807, 2.05) is 0 Å². The molecule has 0 bridgehead atoms. The summed E-state index contributed by atoms with van der Waals surface area (Å²) in [5, 5.41) is 3.64. The van der Waals surface area contributed by atoms with Crippen LogP contribution in [0.2, 0.25) is 0 Å². The molecule has 0 saturated heterocycles. The van der Waals surface area contributed by atoms with Crippen LogP contribution in [0, 0.1) is 0 Å². The molecule has 0 aliphatic heterocycles. The first kappa shape index (κ1) is 14.2. The lowest BCUT2D eigenvalue weighted by molar-refractivity contribution is 0.302. The summed E-state index contributed by atoms with van der Waals surface area (Å²) in [6, 6.07) is 19.4. The minimum absolute atomic E-state index is 0.230. The van der Waals surface area contributed by atoms with Crippen LogP contribution in [0.4, 0.5) is 0 Å². The molecular weight excluding hydrogens is 258 g/mol. The molecule has 1 unspecified atom stereocenters. The van der Waals surface area contributed by atoms with Crippen LogP contribution in [0.1, 0.15) is 43.4 Å². The van der Waals surface area contributed by atoms with Crippen LogP contribution in [-0.4, -0.2) is 12.6 Å². The van der Waals surface area contributed by atoms with E-state index in [2.05, 4.69) is 66.8 Å². The Hall–Kier alpha value is -1.80. The number of nitrogens with one attached hydrogen (secondary N) is 1. The fourth-order valence-corrected chi connectivity index (χ4v) is 2.51. The maximum absolute atomic E-state index is 5.93. The van der Waals surface area contributed by atoms with Crippen LogP contribution in [0.3, 0.4) is 0 Å². The van der Waals surface area contributed by atoms with E-state index in [0.717, 1.165) is 18.7 Å². The van der Waals surface area contributed by atoms with Crippen molar-refractivity contribution in [3.05, 3.63) is 65.7 Å². The second-order valence-electron chi connectivity index (χ2n) is 5.69. The van der Waals surface area contributed by atoms with Crippen molar-refractivity contribution >= 4 is 0 Å². The molecule has 1 N–H and O–H groups in total. The maximum atomic E-state index is 5.93. The number of benzene rings is 2. The van der Waals surface area contributed by atoms with Gasteiger partial charge in [0.05, 0.1) is 12.1 Å². The van der Waals surface area contributed by atoms with E-state index in [1.165, 1.54) is 24.0 Å². The van der Waals surface area contributed by atoms with Gasteiger partial charge in [0.2, 0.25) is 0 Å². The molecule has 0 spiro atoms. The smallest absolute Gasteiger partial charge is 0.120 e. The van der Waals surface area contributed by atoms with Crippen molar-refractivity contribution in [1.82, 2.24) is 5.32 Å². The quantitative estimate of drug-likeness (QED) is 0.816. The predicted molar refractivity (Wildman–Crippen MR) is 86.7 cm³/mol. The molecule has 2 aromatic rings. The molecule has 0 amide bonds. The van der Waals surface area contributed by atoms with Gasteiger partial charge in [-0.05, 0) is 49.1 Å². The average Bonchev–Trinajstić information content (AvgIpc) is 3.33. The molecule has 1 aliphatic rings. The van der Waals surface area contributed by atoms with Crippen molar-refractivity contribution in [3.63, 3.8) is 0 Å². The molecule has 2 aromatic carbocycles. The molecule has 21 heavy (non-hydrogen) atoms. The zero-order valence-corrected chi connectivity index (χ0v) is 12.6. The minimum atomic E-state index is 0.230. The van der Waals surface area contributed by atoms with Gasteiger partial charge < -0.3 is 10.1 Å². The molecule has 1 atom stereocenters. The first-order valence-electron chi connectivity index (χ1n) is 7.92. The van der Waals surface area contributed by atoms with Crippen molar-refractivity contribution in [3.8, 4) is 5.75 Å². The lowest BCUT2D eigenvalue weighted by Gasteiger charge is -2.20. The third-order valence-electron chi connectivity index (χ3n) is 3.75. The van der Waals surface area contributed by atoms with Gasteiger partial charge in [-0.25, -0.2) is 0 Å². The number of hydrogen-bond donors (Lipinski definition) is 1. The predicted octanol–water partition coefficient (Wildman–Crippen LogP) is 4.32. The highest BCUT2D eigenvalue weighted by molar-refractivity contribution is 5.37. The van der Waals surface area contributed by atoms with E-state index in [1.54, 1.807) is 0 Å². The molecule has 0 heterocycles. The van der Waals surface area contributed by atoms with Crippen LogP contribution >= 0.6 is 0 Å². The Labute approximate surface area is 127 Å². The summed E-state index contributed by atoms with van der Waals surface area (Å²) >= 11 is 0. The third-order valence-corrected chi connectivity index (χ3v) is 3.75. The topological polar surface area (TPSA) is 21.3 Å². The summed E-state index contributed by atoms with van der Waals surface area (Å²) in [5.74, 6) is 0.995. The largest absolute Gasteiger partial charge is 0.490 e. The van der Waals surface area contributed by atoms with E-state index in [4.69, 9.17) is 4.74 Å². The lowest BCUT2D eigenvalue weighted by Crippen LogP contribution is -2.23. The summed E-state index contributed by atoms with van der Waals surface area (Å²) in [6.45, 7) is 3.20. The van der Waals surface area contributed by atoms with Gasteiger partial charge in [0.15, 0.2) is 0 Å². The van der Waals surface area contributed by atoms with Crippen molar-refractivity contribution in [1.29, 1.82) is 0 Å². The van der Waals surface area contributed by atoms with Crippen LogP contribution in [0.5, 0.6) is 5.75 Å². The van der Waals surface area contributed by atoms with Gasteiger partial charge >= 0.3 is 0 Å².